The second kappa shape index (κ2) is 5.14. The van der Waals surface area contributed by atoms with E-state index in [4.69, 9.17) is 23.2 Å². The standard InChI is InChI=1S/C8H11Cl2N3/c1-13-8(10)7(6-12-13)11-5-3-2-4-9/h2-3,6,11H,4-5H2,1H3/b3-2+. The van der Waals surface area contributed by atoms with Crippen LogP contribution in [0.5, 0.6) is 0 Å². The fourth-order valence-electron chi connectivity index (χ4n) is 0.856. The first-order valence-electron chi connectivity index (χ1n) is 3.88. The predicted molar refractivity (Wildman–Crippen MR) is 56.6 cm³/mol. The van der Waals surface area contributed by atoms with Gasteiger partial charge in [0.25, 0.3) is 0 Å². The third kappa shape index (κ3) is 2.94. The Morgan fingerprint density at radius 2 is 2.38 bits per heavy atom. The lowest BCUT2D eigenvalue weighted by atomic mass is 10.5. The molecule has 0 fully saturated rings. The van der Waals surface area contributed by atoms with Gasteiger partial charge in [-0.1, -0.05) is 23.8 Å². The van der Waals surface area contributed by atoms with Crippen LogP contribution >= 0.6 is 23.2 Å². The lowest BCUT2D eigenvalue weighted by molar-refractivity contribution is 0.769. The summed E-state index contributed by atoms with van der Waals surface area (Å²) in [5, 5.41) is 7.71. The van der Waals surface area contributed by atoms with Crippen molar-refractivity contribution in [3.05, 3.63) is 23.5 Å². The summed E-state index contributed by atoms with van der Waals surface area (Å²) in [5.74, 6) is 0.530. The van der Waals surface area contributed by atoms with Gasteiger partial charge in [0.1, 0.15) is 5.15 Å². The predicted octanol–water partition coefficient (Wildman–Crippen LogP) is 2.28. The van der Waals surface area contributed by atoms with Crippen molar-refractivity contribution in [3.8, 4) is 0 Å². The molecule has 0 saturated carbocycles. The second-order valence-corrected chi connectivity index (χ2v) is 3.15. The van der Waals surface area contributed by atoms with Gasteiger partial charge in [0.15, 0.2) is 0 Å². The van der Waals surface area contributed by atoms with Gasteiger partial charge >= 0.3 is 0 Å². The molecule has 5 heteroatoms. The molecule has 1 rings (SSSR count). The first-order chi connectivity index (χ1) is 6.25. The van der Waals surface area contributed by atoms with Crippen molar-refractivity contribution in [1.82, 2.24) is 9.78 Å². The maximum atomic E-state index is 5.91. The van der Waals surface area contributed by atoms with Crippen molar-refractivity contribution < 1.29 is 0 Å². The number of nitrogens with zero attached hydrogens (tertiary/aromatic N) is 2. The zero-order valence-electron chi connectivity index (χ0n) is 7.30. The van der Waals surface area contributed by atoms with Crippen molar-refractivity contribution in [2.75, 3.05) is 17.7 Å². The summed E-state index contributed by atoms with van der Waals surface area (Å²) in [7, 11) is 1.79. The lowest BCUT2D eigenvalue weighted by Gasteiger charge is -1.99. The number of allylic oxidation sites excluding steroid dienone is 1. The molecule has 1 aromatic rings. The molecule has 0 unspecified atom stereocenters. The number of aromatic nitrogens is 2. The van der Waals surface area contributed by atoms with E-state index in [-0.39, 0.29) is 0 Å². The van der Waals surface area contributed by atoms with Gasteiger partial charge in [-0.05, 0) is 0 Å². The van der Waals surface area contributed by atoms with Crippen molar-refractivity contribution >= 4 is 28.9 Å². The molecule has 0 atom stereocenters. The summed E-state index contributed by atoms with van der Waals surface area (Å²) in [4.78, 5) is 0. The number of rotatable bonds is 4. The van der Waals surface area contributed by atoms with E-state index in [1.807, 2.05) is 12.2 Å². The Labute approximate surface area is 87.3 Å². The number of aryl methyl sites for hydroxylation is 1. The van der Waals surface area contributed by atoms with Gasteiger partial charge in [0.05, 0.1) is 11.9 Å². The third-order valence-electron chi connectivity index (χ3n) is 1.53. The quantitative estimate of drug-likeness (QED) is 0.623. The molecule has 1 N–H and O–H groups in total. The fourth-order valence-corrected chi connectivity index (χ4v) is 1.14. The maximum absolute atomic E-state index is 5.91. The van der Waals surface area contributed by atoms with Crippen molar-refractivity contribution in [1.29, 1.82) is 0 Å². The Morgan fingerprint density at radius 3 is 2.92 bits per heavy atom. The van der Waals surface area contributed by atoms with Crippen LogP contribution in [0, 0.1) is 0 Å². The van der Waals surface area contributed by atoms with Gasteiger partial charge in [-0.2, -0.15) is 5.10 Å². The van der Waals surface area contributed by atoms with Gasteiger partial charge in [0.2, 0.25) is 0 Å². The minimum Gasteiger partial charge on any atom is -0.378 e. The summed E-state index contributed by atoms with van der Waals surface area (Å²) >= 11 is 11.4. The van der Waals surface area contributed by atoms with E-state index >= 15 is 0 Å². The zero-order chi connectivity index (χ0) is 9.68. The Bertz CT molecular complexity index is 294. The summed E-state index contributed by atoms with van der Waals surface area (Å²) < 4.78 is 1.61. The van der Waals surface area contributed by atoms with E-state index in [9.17, 15) is 0 Å². The van der Waals surface area contributed by atoms with Crippen LogP contribution < -0.4 is 5.32 Å². The van der Waals surface area contributed by atoms with Crippen LogP contribution in [0.1, 0.15) is 0 Å². The molecular weight excluding hydrogens is 209 g/mol. The molecule has 0 radical (unpaired) electrons. The van der Waals surface area contributed by atoms with Gasteiger partial charge in [-0.15, -0.1) is 11.6 Å². The summed E-state index contributed by atoms with van der Waals surface area (Å²) in [6, 6.07) is 0. The molecule has 0 saturated heterocycles. The number of hydrogen-bond acceptors (Lipinski definition) is 2. The Morgan fingerprint density at radius 1 is 1.62 bits per heavy atom. The molecule has 0 aliphatic carbocycles. The van der Waals surface area contributed by atoms with Crippen molar-refractivity contribution in [3.63, 3.8) is 0 Å². The SMILES string of the molecule is Cn1ncc(NC/C=C/CCl)c1Cl. The lowest BCUT2D eigenvalue weighted by Crippen LogP contribution is -1.98. The minimum atomic E-state index is 0.530. The average Bonchev–Trinajstić information content (AvgIpc) is 2.43. The van der Waals surface area contributed by atoms with Crippen LogP contribution in [0.2, 0.25) is 5.15 Å². The van der Waals surface area contributed by atoms with E-state index in [0.29, 0.717) is 17.6 Å². The number of alkyl halides is 1. The van der Waals surface area contributed by atoms with Crippen molar-refractivity contribution in [2.45, 2.75) is 0 Å². The normalized spacial score (nSPS) is 11.0. The molecule has 0 aliphatic rings. The Hall–Kier alpha value is -0.670. The first kappa shape index (κ1) is 10.4. The van der Waals surface area contributed by atoms with Gasteiger partial charge < -0.3 is 5.32 Å². The van der Waals surface area contributed by atoms with Crippen LogP contribution in [0.4, 0.5) is 5.69 Å². The highest BCUT2D eigenvalue weighted by Crippen LogP contribution is 2.18. The minimum absolute atomic E-state index is 0.530. The van der Waals surface area contributed by atoms with Gasteiger partial charge in [-0.25, -0.2) is 0 Å². The summed E-state index contributed by atoms with van der Waals surface area (Å²) in [6.07, 6.45) is 5.51. The van der Waals surface area contributed by atoms with Gasteiger partial charge in [-0.3, -0.25) is 4.68 Å². The van der Waals surface area contributed by atoms with Crippen LogP contribution in [-0.2, 0) is 7.05 Å². The highest BCUT2D eigenvalue weighted by Gasteiger charge is 2.02. The average molecular weight is 220 g/mol. The maximum Gasteiger partial charge on any atom is 0.149 e. The molecule has 72 valence electrons. The largest absolute Gasteiger partial charge is 0.378 e. The Balaban J connectivity index is 2.45. The second-order valence-electron chi connectivity index (χ2n) is 2.48. The molecule has 0 amide bonds. The molecule has 1 heterocycles. The van der Waals surface area contributed by atoms with Crippen molar-refractivity contribution in [2.24, 2.45) is 7.05 Å². The molecule has 1 aromatic heterocycles. The Kier molecular flexibility index (Phi) is 4.12. The van der Waals surface area contributed by atoms with Crippen LogP contribution in [0.15, 0.2) is 18.3 Å². The highest BCUT2D eigenvalue weighted by atomic mass is 35.5. The van der Waals surface area contributed by atoms with E-state index in [1.165, 1.54) is 0 Å². The van der Waals surface area contributed by atoms with E-state index in [0.717, 1.165) is 5.69 Å². The zero-order valence-corrected chi connectivity index (χ0v) is 8.81. The smallest absolute Gasteiger partial charge is 0.149 e. The van der Waals surface area contributed by atoms with E-state index in [2.05, 4.69) is 10.4 Å². The van der Waals surface area contributed by atoms with Crippen LogP contribution in [-0.4, -0.2) is 22.2 Å². The summed E-state index contributed by atoms with van der Waals surface area (Å²) in [6.45, 7) is 0.706. The number of halogens is 2. The highest BCUT2D eigenvalue weighted by molar-refractivity contribution is 6.32. The molecule has 0 bridgehead atoms. The third-order valence-corrected chi connectivity index (χ3v) is 2.16. The van der Waals surface area contributed by atoms with E-state index < -0.39 is 0 Å². The van der Waals surface area contributed by atoms with E-state index in [1.54, 1.807) is 17.9 Å². The fraction of sp³-hybridized carbons (Fsp3) is 0.375. The summed E-state index contributed by atoms with van der Waals surface area (Å²) in [5.41, 5.74) is 0.836. The van der Waals surface area contributed by atoms with Gasteiger partial charge in [0, 0.05) is 19.5 Å². The molecule has 0 aliphatic heterocycles. The monoisotopic (exact) mass is 219 g/mol. The molecule has 3 nitrogen and oxygen atoms in total. The molecule has 0 aromatic carbocycles. The molecule has 0 spiro atoms. The number of hydrogen-bond donors (Lipinski definition) is 1. The van der Waals surface area contributed by atoms with Crippen LogP contribution in [0.25, 0.3) is 0 Å². The number of nitrogens with one attached hydrogen (secondary N) is 1. The number of anilines is 1. The topological polar surface area (TPSA) is 29.9 Å². The molecule has 13 heavy (non-hydrogen) atoms. The van der Waals surface area contributed by atoms with Crippen LogP contribution in [0.3, 0.4) is 0 Å². The first-order valence-corrected chi connectivity index (χ1v) is 4.79. The molecular formula is C8H11Cl2N3.